The van der Waals surface area contributed by atoms with Crippen molar-refractivity contribution in [1.82, 2.24) is 15.6 Å². The quantitative estimate of drug-likeness (QED) is 0.261. The van der Waals surface area contributed by atoms with Gasteiger partial charge in [-0.2, -0.15) is 0 Å². The zero-order valence-electron chi connectivity index (χ0n) is 17.1. The molecule has 0 aromatic carbocycles. The average molecular weight is 399 g/mol. The summed E-state index contributed by atoms with van der Waals surface area (Å²) >= 11 is 0. The molecule has 0 radical (unpaired) electrons. The number of nitrogens with zero attached hydrogens (tertiary/aromatic N) is 2. The highest BCUT2D eigenvalue weighted by Gasteiger charge is 2.36. The minimum absolute atomic E-state index is 0.0942. The lowest BCUT2D eigenvalue weighted by atomic mass is 9.94. The van der Waals surface area contributed by atoms with Crippen LogP contribution in [0.5, 0.6) is 0 Å². The number of likely N-dealkylation sites (tertiary alicyclic amines) is 1. The molecule has 1 heterocycles. The summed E-state index contributed by atoms with van der Waals surface area (Å²) in [5.74, 6) is -1.96. The molecule has 9 nitrogen and oxygen atoms in total. The number of hydrogen-bond donors (Lipinski definition) is 3. The molecule has 28 heavy (non-hydrogen) atoms. The summed E-state index contributed by atoms with van der Waals surface area (Å²) in [5.41, 5.74) is 1.83. The van der Waals surface area contributed by atoms with Crippen molar-refractivity contribution in [1.29, 1.82) is 0 Å². The summed E-state index contributed by atoms with van der Waals surface area (Å²) < 4.78 is 0. The molecule has 0 aromatic rings. The highest BCUT2D eigenvalue weighted by molar-refractivity contribution is 5.91. The molecule has 0 saturated carbocycles. The van der Waals surface area contributed by atoms with Crippen molar-refractivity contribution in [3.05, 3.63) is 4.91 Å². The molecule has 160 valence electrons. The monoisotopic (exact) mass is 398 g/mol. The Bertz CT molecular complexity index is 540. The molecule has 1 rings (SSSR count). The molecule has 3 N–H and O–H groups in total. The summed E-state index contributed by atoms with van der Waals surface area (Å²) in [6, 6.07) is -0.934. The summed E-state index contributed by atoms with van der Waals surface area (Å²) in [7, 11) is 0. The smallest absolute Gasteiger partial charge is 0.245 e. The number of amides is 3. The van der Waals surface area contributed by atoms with E-state index in [9.17, 15) is 24.4 Å². The van der Waals surface area contributed by atoms with Gasteiger partial charge < -0.3 is 15.3 Å². The van der Waals surface area contributed by atoms with Crippen molar-refractivity contribution in [3.63, 3.8) is 0 Å². The predicted octanol–water partition coefficient (Wildman–Crippen LogP) is 1.49. The summed E-state index contributed by atoms with van der Waals surface area (Å²) in [6.07, 6.45) is 4.59. The normalized spacial score (nSPS) is 18.6. The van der Waals surface area contributed by atoms with Gasteiger partial charge in [-0.05, 0) is 25.2 Å². The molecule has 0 aromatic heterocycles. The van der Waals surface area contributed by atoms with Gasteiger partial charge in [0.25, 0.3) is 0 Å². The molecule has 0 bridgehead atoms. The molecule has 3 atom stereocenters. The lowest BCUT2D eigenvalue weighted by molar-refractivity contribution is -0.140. The van der Waals surface area contributed by atoms with Crippen LogP contribution in [0.1, 0.15) is 65.7 Å². The van der Waals surface area contributed by atoms with Gasteiger partial charge in [-0.15, -0.1) is 4.91 Å². The van der Waals surface area contributed by atoms with Crippen LogP contribution in [0, 0.1) is 16.7 Å². The third kappa shape index (κ3) is 7.18. The van der Waals surface area contributed by atoms with Gasteiger partial charge in [-0.25, -0.2) is 5.43 Å². The Morgan fingerprint density at radius 3 is 2.54 bits per heavy atom. The average Bonchev–Trinajstić information content (AvgIpc) is 3.13. The Labute approximate surface area is 166 Å². The Hall–Kier alpha value is -2.03. The number of rotatable bonds is 12. The molecule has 1 aliphatic rings. The van der Waals surface area contributed by atoms with Gasteiger partial charge in [0.1, 0.15) is 6.04 Å². The molecule has 0 spiro atoms. The Balaban J connectivity index is 2.84. The summed E-state index contributed by atoms with van der Waals surface area (Å²) in [5, 5.41) is 14.7. The number of aliphatic hydroxyl groups is 1. The first kappa shape index (κ1) is 24.0. The standard InChI is InChI=1S/C19H34N4O5/c1-4-5-6-8-14(11-16(25)21-22-28)18(26)20-17(13(2)3)19(27)23-10-7-9-15(23)12-24/h13-15,17,24H,4-12H2,1-3H3,(H,20,26)(H,21,25,28). The second kappa shape index (κ2) is 12.4. The van der Waals surface area contributed by atoms with Crippen molar-refractivity contribution in [3.8, 4) is 0 Å². The maximum atomic E-state index is 13.0. The second-order valence-corrected chi connectivity index (χ2v) is 7.76. The van der Waals surface area contributed by atoms with E-state index in [4.69, 9.17) is 0 Å². The zero-order valence-corrected chi connectivity index (χ0v) is 17.1. The Morgan fingerprint density at radius 2 is 1.96 bits per heavy atom. The third-order valence-electron chi connectivity index (χ3n) is 5.23. The van der Waals surface area contributed by atoms with Gasteiger partial charge in [0.05, 0.1) is 17.9 Å². The SMILES string of the molecule is CCCCCC(CC(=O)NN=O)C(=O)NC(C(=O)N1CCCC1CO)C(C)C. The number of aliphatic hydroxyl groups excluding tert-OH is 1. The highest BCUT2D eigenvalue weighted by atomic mass is 16.3. The lowest BCUT2D eigenvalue weighted by Gasteiger charge is -2.31. The van der Waals surface area contributed by atoms with E-state index < -0.39 is 17.9 Å². The van der Waals surface area contributed by atoms with Crippen LogP contribution in [0.15, 0.2) is 5.29 Å². The molecule has 1 saturated heterocycles. The number of carbonyl (C=O) groups is 3. The molecule has 9 heteroatoms. The molecular formula is C19H34N4O5. The van der Waals surface area contributed by atoms with E-state index in [1.165, 1.54) is 0 Å². The molecule has 0 aliphatic carbocycles. The molecule has 1 aliphatic heterocycles. The number of unbranched alkanes of at least 4 members (excludes halogenated alkanes) is 2. The van der Waals surface area contributed by atoms with Crippen LogP contribution in [-0.4, -0.2) is 53.0 Å². The first-order chi connectivity index (χ1) is 13.3. The maximum absolute atomic E-state index is 13.0. The second-order valence-electron chi connectivity index (χ2n) is 7.76. The fourth-order valence-corrected chi connectivity index (χ4v) is 3.57. The van der Waals surface area contributed by atoms with Crippen LogP contribution in [0.2, 0.25) is 0 Å². The van der Waals surface area contributed by atoms with Gasteiger partial charge in [0, 0.05) is 18.9 Å². The van der Waals surface area contributed by atoms with Gasteiger partial charge >= 0.3 is 0 Å². The van der Waals surface area contributed by atoms with Crippen molar-refractivity contribution >= 4 is 17.7 Å². The van der Waals surface area contributed by atoms with Gasteiger partial charge in [0.2, 0.25) is 17.7 Å². The fourth-order valence-electron chi connectivity index (χ4n) is 3.57. The first-order valence-electron chi connectivity index (χ1n) is 10.2. The van der Waals surface area contributed by atoms with Crippen LogP contribution in [0.25, 0.3) is 0 Å². The van der Waals surface area contributed by atoms with E-state index in [0.29, 0.717) is 13.0 Å². The number of carbonyl (C=O) groups excluding carboxylic acids is 3. The highest BCUT2D eigenvalue weighted by Crippen LogP contribution is 2.21. The topological polar surface area (TPSA) is 128 Å². The van der Waals surface area contributed by atoms with E-state index in [0.717, 1.165) is 32.1 Å². The number of nitroso groups, excluding NO2 is 1. The summed E-state index contributed by atoms with van der Waals surface area (Å²) in [6.45, 7) is 6.21. The molecule has 1 fully saturated rings. The van der Waals surface area contributed by atoms with Crippen LogP contribution in [-0.2, 0) is 14.4 Å². The lowest BCUT2D eigenvalue weighted by Crippen LogP contribution is -2.54. The van der Waals surface area contributed by atoms with E-state index in [2.05, 4.69) is 10.6 Å². The Morgan fingerprint density at radius 1 is 1.25 bits per heavy atom. The van der Waals surface area contributed by atoms with Gasteiger partial charge in [-0.3, -0.25) is 14.4 Å². The summed E-state index contributed by atoms with van der Waals surface area (Å²) in [4.78, 5) is 49.4. The van der Waals surface area contributed by atoms with Crippen LogP contribution in [0.4, 0.5) is 0 Å². The maximum Gasteiger partial charge on any atom is 0.245 e. The molecule has 3 amide bonds. The van der Waals surface area contributed by atoms with E-state index in [1.54, 1.807) is 4.90 Å². The van der Waals surface area contributed by atoms with E-state index in [-0.39, 0.29) is 36.8 Å². The van der Waals surface area contributed by atoms with Crippen LogP contribution < -0.4 is 10.7 Å². The van der Waals surface area contributed by atoms with Crippen LogP contribution in [0.3, 0.4) is 0 Å². The van der Waals surface area contributed by atoms with E-state index in [1.807, 2.05) is 26.2 Å². The number of nitrogens with one attached hydrogen (secondary N) is 2. The predicted molar refractivity (Wildman–Crippen MR) is 105 cm³/mol. The largest absolute Gasteiger partial charge is 0.394 e. The van der Waals surface area contributed by atoms with Crippen LogP contribution >= 0.6 is 0 Å². The number of hydrogen-bond acceptors (Lipinski definition) is 6. The Kier molecular flexibility index (Phi) is 10.7. The first-order valence-corrected chi connectivity index (χ1v) is 10.2. The van der Waals surface area contributed by atoms with Crippen molar-refractivity contribution in [2.24, 2.45) is 17.1 Å². The minimum atomic E-state index is -0.722. The van der Waals surface area contributed by atoms with Gasteiger partial charge in [-0.1, -0.05) is 40.0 Å². The van der Waals surface area contributed by atoms with Crippen molar-refractivity contribution < 1.29 is 19.5 Å². The minimum Gasteiger partial charge on any atom is -0.394 e. The van der Waals surface area contributed by atoms with Crippen molar-refractivity contribution in [2.75, 3.05) is 13.2 Å². The van der Waals surface area contributed by atoms with Crippen molar-refractivity contribution in [2.45, 2.75) is 77.8 Å². The molecule has 3 unspecified atom stereocenters. The molecular weight excluding hydrogens is 364 g/mol. The zero-order chi connectivity index (χ0) is 21.1. The van der Waals surface area contributed by atoms with E-state index >= 15 is 0 Å². The fraction of sp³-hybridized carbons (Fsp3) is 0.842. The third-order valence-corrected chi connectivity index (χ3v) is 5.23. The van der Waals surface area contributed by atoms with Gasteiger partial charge in [0.15, 0.2) is 0 Å².